The van der Waals surface area contributed by atoms with Gasteiger partial charge in [0, 0.05) is 11.8 Å². The van der Waals surface area contributed by atoms with Gasteiger partial charge in [-0.25, -0.2) is 18.0 Å². The average Bonchev–Trinajstić information content (AvgIpc) is 2.73. The largest absolute Gasteiger partial charge is 0.480 e. The number of carbonyl (C=O) groups excluding carboxylic acids is 2. The van der Waals surface area contributed by atoms with Crippen LogP contribution in [0.4, 0.5) is 4.79 Å². The third kappa shape index (κ3) is 2.57. The van der Waals surface area contributed by atoms with Crippen molar-refractivity contribution in [2.45, 2.75) is 30.0 Å². The summed E-state index contributed by atoms with van der Waals surface area (Å²) in [6, 6.07) is 3.22. The number of amides is 2. The van der Waals surface area contributed by atoms with E-state index in [9.17, 15) is 27.9 Å². The van der Waals surface area contributed by atoms with Gasteiger partial charge >= 0.3 is 12.1 Å². The first-order chi connectivity index (χ1) is 12.5. The molecule has 27 heavy (non-hydrogen) atoms. The number of carboxylic acid groups (broad SMARTS) is 1. The van der Waals surface area contributed by atoms with Crippen LogP contribution in [0.3, 0.4) is 0 Å². The monoisotopic (exact) mass is 395 g/mol. The lowest BCUT2D eigenvalue weighted by Crippen LogP contribution is -2.59. The minimum absolute atomic E-state index is 0.0751. The molecule has 2 saturated heterocycles. The molecule has 3 heterocycles. The molecule has 0 aromatic carbocycles. The van der Waals surface area contributed by atoms with Crippen molar-refractivity contribution >= 4 is 33.4 Å². The Labute approximate surface area is 154 Å². The number of rotatable bonds is 4. The molecular formula is C16H17N3O7S. The molecular weight excluding hydrogens is 378 g/mol. The molecule has 10 nitrogen and oxygen atoms in total. The second kappa shape index (κ2) is 6.05. The normalized spacial score (nSPS) is 26.7. The molecule has 11 heteroatoms. The van der Waals surface area contributed by atoms with Gasteiger partial charge in [0.1, 0.15) is 11.4 Å². The van der Waals surface area contributed by atoms with Gasteiger partial charge < -0.3 is 20.5 Å². The maximum Gasteiger partial charge on any atom is 0.404 e. The van der Waals surface area contributed by atoms with E-state index in [4.69, 9.17) is 10.5 Å². The van der Waals surface area contributed by atoms with Crippen LogP contribution in [0.2, 0.25) is 0 Å². The predicted octanol–water partition coefficient (Wildman–Crippen LogP) is -0.241. The number of carbonyl (C=O) groups is 3. The van der Waals surface area contributed by atoms with Crippen LogP contribution in [0.15, 0.2) is 30.0 Å². The number of aromatic nitrogens is 1. The summed E-state index contributed by atoms with van der Waals surface area (Å²) in [6.45, 7) is 2.07. The summed E-state index contributed by atoms with van der Waals surface area (Å²) in [6.07, 6.45) is 0.319. The Morgan fingerprint density at radius 3 is 2.56 bits per heavy atom. The Morgan fingerprint density at radius 1 is 1.37 bits per heavy atom. The van der Waals surface area contributed by atoms with Gasteiger partial charge in [-0.1, -0.05) is 6.07 Å². The fourth-order valence-corrected chi connectivity index (χ4v) is 5.60. The number of primary amides is 1. The summed E-state index contributed by atoms with van der Waals surface area (Å²) in [5, 5.41) is 8.02. The number of carboxylic acids is 1. The summed E-state index contributed by atoms with van der Waals surface area (Å²) in [7, 11) is -4.07. The van der Waals surface area contributed by atoms with E-state index in [-0.39, 0.29) is 16.8 Å². The Morgan fingerprint density at radius 2 is 2.04 bits per heavy atom. The smallest absolute Gasteiger partial charge is 0.404 e. The molecule has 2 fully saturated rings. The van der Waals surface area contributed by atoms with Gasteiger partial charge in [-0.15, -0.1) is 0 Å². The van der Waals surface area contributed by atoms with Gasteiger partial charge in [0.2, 0.25) is 0 Å². The number of β-lactam (4-membered cyclic amide) rings is 1. The highest BCUT2D eigenvalue weighted by Gasteiger charge is 2.70. The SMILES string of the molecule is CC1(C)[C@H](C(=O)O)N2C(=O)/C(=C(\COC(N)=O)c3ccccn3)[C@H]2S1(=O)=O. The second-order valence-electron chi connectivity index (χ2n) is 6.67. The first-order valence-electron chi connectivity index (χ1n) is 7.87. The average molecular weight is 395 g/mol. The predicted molar refractivity (Wildman–Crippen MR) is 91.7 cm³/mol. The van der Waals surface area contributed by atoms with Crippen LogP contribution in [-0.2, 0) is 24.2 Å². The van der Waals surface area contributed by atoms with Crippen molar-refractivity contribution < 1.29 is 32.6 Å². The topological polar surface area (TPSA) is 157 Å². The molecule has 0 bridgehead atoms. The van der Waals surface area contributed by atoms with Crippen LogP contribution in [0, 0.1) is 0 Å². The first-order valence-corrected chi connectivity index (χ1v) is 9.42. The number of aliphatic carboxylic acids is 1. The second-order valence-corrected chi connectivity index (χ2v) is 9.26. The molecule has 2 aliphatic heterocycles. The summed E-state index contributed by atoms with van der Waals surface area (Å²) < 4.78 is 29.0. The fraction of sp³-hybridized carbons (Fsp3) is 0.375. The molecule has 1 aromatic rings. The third-order valence-corrected chi connectivity index (χ3v) is 7.56. The Balaban J connectivity index is 2.19. The number of hydrogen-bond donors (Lipinski definition) is 2. The van der Waals surface area contributed by atoms with Gasteiger partial charge in [-0.2, -0.15) is 0 Å². The van der Waals surface area contributed by atoms with Crippen LogP contribution in [0.25, 0.3) is 5.57 Å². The fourth-order valence-electron chi connectivity index (χ4n) is 3.43. The lowest BCUT2D eigenvalue weighted by atomic mass is 9.92. The molecule has 0 spiro atoms. The Hall–Kier alpha value is -2.95. The van der Waals surface area contributed by atoms with Crippen molar-refractivity contribution in [2.75, 3.05) is 6.61 Å². The molecule has 0 aliphatic carbocycles. The molecule has 0 saturated carbocycles. The van der Waals surface area contributed by atoms with Crippen LogP contribution >= 0.6 is 0 Å². The van der Waals surface area contributed by atoms with E-state index in [1.54, 1.807) is 12.1 Å². The molecule has 3 rings (SSSR count). The van der Waals surface area contributed by atoms with Crippen molar-refractivity contribution in [2.24, 2.45) is 5.73 Å². The van der Waals surface area contributed by atoms with Crippen molar-refractivity contribution in [3.63, 3.8) is 0 Å². The van der Waals surface area contributed by atoms with Crippen molar-refractivity contribution in [3.8, 4) is 0 Å². The lowest BCUT2D eigenvalue weighted by molar-refractivity contribution is -0.152. The molecule has 2 aliphatic rings. The Bertz CT molecular complexity index is 969. The van der Waals surface area contributed by atoms with E-state index in [0.717, 1.165) is 4.90 Å². The number of ether oxygens (including phenoxy) is 1. The summed E-state index contributed by atoms with van der Waals surface area (Å²) in [5.74, 6) is -2.17. The zero-order valence-electron chi connectivity index (χ0n) is 14.4. The minimum atomic E-state index is -4.07. The standard InChI is InChI=1S/C16H17N3O7S/c1-16(2)11(14(21)22)19-12(20)10(13(19)27(16,24)25)8(7-26-15(17)23)9-5-3-4-6-18-9/h3-6,11,13H,7H2,1-2H3,(H2,17,23)(H,21,22)/b10-8-/t11-,13+/m0/s1. The molecule has 2 amide bonds. The number of fused-ring (bicyclic) bond motifs is 1. The number of nitrogens with two attached hydrogens (primary N) is 1. The van der Waals surface area contributed by atoms with E-state index < -0.39 is 50.6 Å². The molecule has 1 aromatic heterocycles. The summed E-state index contributed by atoms with van der Waals surface area (Å²) >= 11 is 0. The van der Waals surface area contributed by atoms with Crippen LogP contribution in [0.1, 0.15) is 19.5 Å². The molecule has 2 atom stereocenters. The first kappa shape index (κ1) is 18.8. The van der Waals surface area contributed by atoms with Crippen molar-refractivity contribution in [1.29, 1.82) is 0 Å². The molecule has 0 radical (unpaired) electrons. The molecule has 144 valence electrons. The van der Waals surface area contributed by atoms with E-state index in [0.29, 0.717) is 0 Å². The number of hydrogen-bond acceptors (Lipinski definition) is 7. The van der Waals surface area contributed by atoms with Crippen LogP contribution < -0.4 is 5.73 Å². The van der Waals surface area contributed by atoms with Gasteiger partial charge in [0.25, 0.3) is 5.91 Å². The Kier molecular flexibility index (Phi) is 4.22. The zero-order chi connectivity index (χ0) is 20.1. The molecule has 3 N–H and O–H groups in total. The minimum Gasteiger partial charge on any atom is -0.480 e. The van der Waals surface area contributed by atoms with E-state index >= 15 is 0 Å². The third-order valence-electron chi connectivity index (χ3n) is 4.82. The zero-order valence-corrected chi connectivity index (χ0v) is 15.3. The summed E-state index contributed by atoms with van der Waals surface area (Å²) in [5.41, 5.74) is 5.13. The highest BCUT2D eigenvalue weighted by atomic mass is 32.2. The van der Waals surface area contributed by atoms with Crippen LogP contribution in [0.5, 0.6) is 0 Å². The lowest BCUT2D eigenvalue weighted by Gasteiger charge is -2.39. The number of pyridine rings is 1. The highest BCUT2D eigenvalue weighted by molar-refractivity contribution is 7.94. The number of sulfone groups is 1. The van der Waals surface area contributed by atoms with Crippen LogP contribution in [-0.4, -0.2) is 64.1 Å². The van der Waals surface area contributed by atoms with Gasteiger partial charge in [0.15, 0.2) is 21.3 Å². The van der Waals surface area contributed by atoms with Gasteiger partial charge in [-0.05, 0) is 26.0 Å². The summed E-state index contributed by atoms with van der Waals surface area (Å²) in [4.78, 5) is 40.3. The van der Waals surface area contributed by atoms with E-state index in [2.05, 4.69) is 4.98 Å². The van der Waals surface area contributed by atoms with Gasteiger partial charge in [0.05, 0.1) is 11.3 Å². The molecule has 0 unspecified atom stereocenters. The van der Waals surface area contributed by atoms with E-state index in [1.165, 1.54) is 26.1 Å². The van der Waals surface area contributed by atoms with Crippen molar-refractivity contribution in [1.82, 2.24) is 9.88 Å². The maximum atomic E-state index is 13.0. The number of nitrogens with zero attached hydrogens (tertiary/aromatic N) is 2. The highest BCUT2D eigenvalue weighted by Crippen LogP contribution is 2.50. The quantitative estimate of drug-likeness (QED) is 0.522. The van der Waals surface area contributed by atoms with Gasteiger partial charge in [-0.3, -0.25) is 9.78 Å². The van der Waals surface area contributed by atoms with Crippen molar-refractivity contribution in [3.05, 3.63) is 35.7 Å². The maximum absolute atomic E-state index is 13.0. The van der Waals surface area contributed by atoms with E-state index in [1.807, 2.05) is 0 Å².